The summed E-state index contributed by atoms with van der Waals surface area (Å²) in [5.74, 6) is -2.72. The third kappa shape index (κ3) is 6.79. The van der Waals surface area contributed by atoms with E-state index in [4.69, 9.17) is 5.73 Å². The highest BCUT2D eigenvalue weighted by atomic mass is 16.4. The number of imidazole rings is 1. The molecule has 188 valence electrons. The van der Waals surface area contributed by atoms with E-state index in [0.717, 1.165) is 0 Å². The van der Waals surface area contributed by atoms with Crippen LogP contribution in [-0.2, 0) is 32.0 Å². The van der Waals surface area contributed by atoms with Crippen LogP contribution in [0.3, 0.4) is 0 Å². The predicted octanol–water partition coefficient (Wildman–Crippen LogP) is -0.707. The number of rotatable bonds is 10. The van der Waals surface area contributed by atoms with Crippen LogP contribution in [0.5, 0.6) is 5.75 Å². The molecule has 12 nitrogen and oxygen atoms in total. The van der Waals surface area contributed by atoms with Gasteiger partial charge in [-0.25, -0.2) is 9.78 Å². The monoisotopic (exact) mass is 486 g/mol. The molecule has 0 saturated carbocycles. The molecule has 4 atom stereocenters. The largest absolute Gasteiger partial charge is 0.508 e. The molecule has 1 aliphatic rings. The molecular weight excluding hydrogens is 456 g/mol. The van der Waals surface area contributed by atoms with Gasteiger partial charge >= 0.3 is 5.97 Å². The number of benzene rings is 1. The van der Waals surface area contributed by atoms with Crippen LogP contribution in [0.15, 0.2) is 36.8 Å². The average molecular weight is 487 g/mol. The van der Waals surface area contributed by atoms with Crippen molar-refractivity contribution in [3.05, 3.63) is 48.0 Å². The van der Waals surface area contributed by atoms with Crippen molar-refractivity contribution in [1.29, 1.82) is 0 Å². The summed E-state index contributed by atoms with van der Waals surface area (Å²) in [6.07, 6.45) is 4.20. The minimum atomic E-state index is -1.09. The molecule has 1 aliphatic heterocycles. The summed E-state index contributed by atoms with van der Waals surface area (Å²) >= 11 is 0. The first-order valence-electron chi connectivity index (χ1n) is 11.3. The van der Waals surface area contributed by atoms with Crippen molar-refractivity contribution in [3.8, 4) is 5.75 Å². The van der Waals surface area contributed by atoms with E-state index in [1.165, 1.54) is 30.3 Å². The minimum Gasteiger partial charge on any atom is -0.508 e. The molecule has 2 aromatic rings. The Morgan fingerprint density at radius 3 is 2.51 bits per heavy atom. The topological polar surface area (TPSA) is 191 Å². The van der Waals surface area contributed by atoms with E-state index in [1.54, 1.807) is 18.3 Å². The summed E-state index contributed by atoms with van der Waals surface area (Å²) < 4.78 is 0. The van der Waals surface area contributed by atoms with Gasteiger partial charge in [-0.15, -0.1) is 0 Å². The third-order valence-corrected chi connectivity index (χ3v) is 5.89. The van der Waals surface area contributed by atoms with Crippen molar-refractivity contribution < 1.29 is 29.4 Å². The summed E-state index contributed by atoms with van der Waals surface area (Å²) in [5.41, 5.74) is 7.32. The van der Waals surface area contributed by atoms with Crippen molar-refractivity contribution in [2.75, 3.05) is 6.54 Å². The van der Waals surface area contributed by atoms with E-state index in [2.05, 4.69) is 20.6 Å². The maximum atomic E-state index is 13.1. The highest BCUT2D eigenvalue weighted by molar-refractivity contribution is 5.94. The molecule has 12 heteroatoms. The summed E-state index contributed by atoms with van der Waals surface area (Å²) in [6.45, 7) is 1.77. The molecule has 35 heavy (non-hydrogen) atoms. The number of aromatic amines is 1. The fraction of sp³-hybridized carbons (Fsp3) is 0.435. The zero-order valence-corrected chi connectivity index (χ0v) is 19.3. The first kappa shape index (κ1) is 25.7. The number of carboxylic acids is 1. The Labute approximate surface area is 201 Å². The number of carbonyl (C=O) groups excluding carboxylic acids is 3. The zero-order chi connectivity index (χ0) is 25.5. The van der Waals surface area contributed by atoms with Crippen LogP contribution < -0.4 is 16.4 Å². The highest BCUT2D eigenvalue weighted by Crippen LogP contribution is 2.18. The van der Waals surface area contributed by atoms with E-state index in [-0.39, 0.29) is 18.6 Å². The van der Waals surface area contributed by atoms with Gasteiger partial charge in [0.25, 0.3) is 0 Å². The molecule has 1 aromatic heterocycles. The van der Waals surface area contributed by atoms with E-state index >= 15 is 0 Å². The molecule has 4 unspecified atom stereocenters. The van der Waals surface area contributed by atoms with Crippen LogP contribution in [-0.4, -0.2) is 79.5 Å². The normalized spacial score (nSPS) is 17.9. The molecule has 2 heterocycles. The summed E-state index contributed by atoms with van der Waals surface area (Å²) in [6, 6.07) is 2.21. The molecule has 3 amide bonds. The van der Waals surface area contributed by atoms with Crippen LogP contribution in [0.2, 0.25) is 0 Å². The molecule has 0 radical (unpaired) electrons. The summed E-state index contributed by atoms with van der Waals surface area (Å²) in [7, 11) is 0. The van der Waals surface area contributed by atoms with E-state index in [1.807, 2.05) is 0 Å². The molecule has 0 spiro atoms. The molecule has 0 bridgehead atoms. The Morgan fingerprint density at radius 1 is 1.17 bits per heavy atom. The van der Waals surface area contributed by atoms with E-state index in [9.17, 15) is 29.4 Å². The fourth-order valence-corrected chi connectivity index (χ4v) is 3.99. The van der Waals surface area contributed by atoms with Gasteiger partial charge < -0.3 is 36.5 Å². The van der Waals surface area contributed by atoms with Crippen LogP contribution in [0, 0.1) is 0 Å². The first-order valence-corrected chi connectivity index (χ1v) is 11.3. The van der Waals surface area contributed by atoms with Crippen molar-refractivity contribution >= 4 is 23.7 Å². The number of hydrogen-bond acceptors (Lipinski definition) is 7. The van der Waals surface area contributed by atoms with E-state index < -0.39 is 47.9 Å². The second-order valence-electron chi connectivity index (χ2n) is 8.58. The first-order chi connectivity index (χ1) is 16.7. The number of likely N-dealkylation sites (tertiary alicyclic amines) is 1. The molecule has 0 aliphatic carbocycles. The number of H-pyrrole nitrogens is 1. The Kier molecular flexibility index (Phi) is 8.42. The second-order valence-corrected chi connectivity index (χ2v) is 8.58. The van der Waals surface area contributed by atoms with Crippen LogP contribution in [0.1, 0.15) is 31.0 Å². The Bertz CT molecular complexity index is 1040. The van der Waals surface area contributed by atoms with Gasteiger partial charge in [0.2, 0.25) is 17.7 Å². The van der Waals surface area contributed by atoms with Crippen LogP contribution >= 0.6 is 0 Å². The standard InChI is InChI=1S/C23H30N6O6/c1-13(22(33)29-8-2-3-19(29)23(34)35)27-21(32)18(9-14-4-6-16(30)7-5-14)28-20(31)17(24)10-15-11-25-12-26-15/h4-7,11-13,17-19,30H,2-3,8-10,24H2,1H3,(H,25,26)(H,27,32)(H,28,31)(H,34,35). The molecule has 1 fully saturated rings. The van der Waals surface area contributed by atoms with Crippen LogP contribution in [0.25, 0.3) is 0 Å². The number of nitrogens with zero attached hydrogens (tertiary/aromatic N) is 2. The Balaban J connectivity index is 1.69. The predicted molar refractivity (Wildman–Crippen MR) is 124 cm³/mol. The number of carboxylic acid groups (broad SMARTS) is 1. The molecule has 3 rings (SSSR count). The minimum absolute atomic E-state index is 0.0539. The number of amides is 3. The van der Waals surface area contributed by atoms with Crippen molar-refractivity contribution in [3.63, 3.8) is 0 Å². The number of aliphatic carboxylic acids is 1. The Morgan fingerprint density at radius 2 is 1.89 bits per heavy atom. The number of hydrogen-bond donors (Lipinski definition) is 6. The van der Waals surface area contributed by atoms with Gasteiger partial charge in [0.05, 0.1) is 12.4 Å². The summed E-state index contributed by atoms with van der Waals surface area (Å²) in [4.78, 5) is 58.1. The highest BCUT2D eigenvalue weighted by Gasteiger charge is 2.37. The number of nitrogens with one attached hydrogen (secondary N) is 3. The van der Waals surface area contributed by atoms with Crippen molar-refractivity contribution in [1.82, 2.24) is 25.5 Å². The number of phenolic OH excluding ortho intramolecular Hbond substituents is 1. The molecule has 1 aromatic carbocycles. The van der Waals surface area contributed by atoms with Crippen molar-refractivity contribution in [2.24, 2.45) is 5.73 Å². The molecule has 1 saturated heterocycles. The number of phenols is 1. The van der Waals surface area contributed by atoms with Gasteiger partial charge in [0.15, 0.2) is 0 Å². The third-order valence-electron chi connectivity index (χ3n) is 5.89. The Hall–Kier alpha value is -3.93. The van der Waals surface area contributed by atoms with Gasteiger partial charge in [0, 0.05) is 31.3 Å². The lowest BCUT2D eigenvalue weighted by Gasteiger charge is -2.27. The lowest BCUT2D eigenvalue weighted by Crippen LogP contribution is -2.57. The zero-order valence-electron chi connectivity index (χ0n) is 19.3. The maximum Gasteiger partial charge on any atom is 0.326 e. The smallest absolute Gasteiger partial charge is 0.326 e. The quantitative estimate of drug-likeness (QED) is 0.254. The van der Waals surface area contributed by atoms with Crippen LogP contribution in [0.4, 0.5) is 0 Å². The fourth-order valence-electron chi connectivity index (χ4n) is 3.99. The van der Waals surface area contributed by atoms with Gasteiger partial charge in [0.1, 0.15) is 23.9 Å². The number of carbonyl (C=O) groups is 4. The number of aromatic hydroxyl groups is 1. The summed E-state index contributed by atoms with van der Waals surface area (Å²) in [5, 5.41) is 24.1. The van der Waals surface area contributed by atoms with Crippen molar-refractivity contribution in [2.45, 2.75) is 56.8 Å². The van der Waals surface area contributed by atoms with Gasteiger partial charge in [-0.3, -0.25) is 14.4 Å². The lowest BCUT2D eigenvalue weighted by atomic mass is 10.0. The van der Waals surface area contributed by atoms with Gasteiger partial charge in [-0.1, -0.05) is 12.1 Å². The van der Waals surface area contributed by atoms with E-state index in [0.29, 0.717) is 30.6 Å². The molecule has 7 N–H and O–H groups in total. The average Bonchev–Trinajstić information content (AvgIpc) is 3.51. The second kappa shape index (κ2) is 11.5. The van der Waals surface area contributed by atoms with Gasteiger partial charge in [-0.05, 0) is 37.5 Å². The maximum absolute atomic E-state index is 13.1. The van der Waals surface area contributed by atoms with Gasteiger partial charge in [-0.2, -0.15) is 0 Å². The number of aromatic nitrogens is 2. The molecular formula is C23H30N6O6. The lowest BCUT2D eigenvalue weighted by molar-refractivity contribution is -0.149. The SMILES string of the molecule is CC(NC(=O)C(Cc1ccc(O)cc1)NC(=O)C(N)Cc1cnc[nH]1)C(=O)N1CCCC1C(=O)O. The number of nitrogens with two attached hydrogens (primary N) is 1.